The van der Waals surface area contributed by atoms with Crippen LogP contribution in [-0.2, 0) is 9.30 Å². The number of benzene rings is 1. The molecule has 8 heteroatoms. The zero-order chi connectivity index (χ0) is 13.9. The molecule has 0 amide bonds. The summed E-state index contributed by atoms with van der Waals surface area (Å²) in [4.78, 5) is 30.5. The molecule has 0 aliphatic carbocycles. The summed E-state index contributed by atoms with van der Waals surface area (Å²) >= 11 is 0. The molecule has 7 nitrogen and oxygen atoms in total. The Bertz CT molecular complexity index is 508. The van der Waals surface area contributed by atoms with E-state index in [2.05, 4.69) is 4.52 Å². The lowest BCUT2D eigenvalue weighted by Gasteiger charge is -2.29. The number of hydrogen-bond acceptors (Lipinski definition) is 5. The van der Waals surface area contributed by atoms with Crippen molar-refractivity contribution in [2.45, 2.75) is 0 Å². The van der Waals surface area contributed by atoms with Gasteiger partial charge in [0.2, 0.25) is 0 Å². The van der Waals surface area contributed by atoms with Crippen molar-refractivity contribution in [3.8, 4) is 5.75 Å². The highest BCUT2D eigenvalue weighted by molar-refractivity contribution is 7.46. The molecule has 0 saturated carbocycles. The van der Waals surface area contributed by atoms with Crippen molar-refractivity contribution in [3.63, 3.8) is 0 Å². The second-order valence-corrected chi connectivity index (χ2v) is 5.18. The fraction of sp³-hybridized carbons (Fsp3) is 0.364. The second-order valence-electron chi connectivity index (χ2n) is 4.02. The number of morpholine rings is 1. The van der Waals surface area contributed by atoms with Crippen LogP contribution >= 0.6 is 7.82 Å². The Hall–Kier alpha value is -1.40. The van der Waals surface area contributed by atoms with E-state index in [0.717, 1.165) is 5.69 Å². The molecule has 0 bridgehead atoms. The van der Waals surface area contributed by atoms with Gasteiger partial charge in [-0.1, -0.05) is 0 Å². The fourth-order valence-electron chi connectivity index (χ4n) is 1.85. The highest BCUT2D eigenvalue weighted by atomic mass is 31.2. The molecule has 0 unspecified atom stereocenters. The molecule has 1 aliphatic rings. The third-order valence-electron chi connectivity index (χ3n) is 2.72. The van der Waals surface area contributed by atoms with Crippen molar-refractivity contribution in [1.29, 1.82) is 0 Å². The van der Waals surface area contributed by atoms with E-state index in [9.17, 15) is 9.36 Å². The summed E-state index contributed by atoms with van der Waals surface area (Å²) in [6, 6.07) is 4.64. The van der Waals surface area contributed by atoms with Gasteiger partial charge in [0.15, 0.2) is 6.29 Å². The first-order chi connectivity index (χ1) is 8.99. The van der Waals surface area contributed by atoms with Crippen molar-refractivity contribution in [2.75, 3.05) is 31.2 Å². The molecule has 0 atom stereocenters. The summed E-state index contributed by atoms with van der Waals surface area (Å²) in [6.07, 6.45) is 0.494. The maximum absolute atomic E-state index is 10.9. The maximum atomic E-state index is 10.9. The summed E-state index contributed by atoms with van der Waals surface area (Å²) in [5, 5.41) is 0. The van der Waals surface area contributed by atoms with Gasteiger partial charge in [0.05, 0.1) is 18.8 Å². The summed E-state index contributed by atoms with van der Waals surface area (Å²) in [7, 11) is -4.69. The monoisotopic (exact) mass is 287 g/mol. The number of phosphoric acid groups is 1. The maximum Gasteiger partial charge on any atom is 0.524 e. The highest BCUT2D eigenvalue weighted by Gasteiger charge is 2.20. The van der Waals surface area contributed by atoms with Gasteiger partial charge in [-0.25, -0.2) is 4.57 Å². The van der Waals surface area contributed by atoms with Crippen molar-refractivity contribution in [3.05, 3.63) is 23.8 Å². The van der Waals surface area contributed by atoms with Gasteiger partial charge >= 0.3 is 7.82 Å². The zero-order valence-corrected chi connectivity index (χ0v) is 11.0. The van der Waals surface area contributed by atoms with Crippen LogP contribution in [0.25, 0.3) is 0 Å². The minimum absolute atomic E-state index is 0.0975. The SMILES string of the molecule is O=Cc1ccc(N2CCOCC2)cc1OP(=O)(O)O. The number of phosphoric ester groups is 1. The van der Waals surface area contributed by atoms with Crippen molar-refractivity contribution in [2.24, 2.45) is 0 Å². The highest BCUT2D eigenvalue weighted by Crippen LogP contribution is 2.40. The van der Waals surface area contributed by atoms with Crippen LogP contribution in [0.2, 0.25) is 0 Å². The predicted molar refractivity (Wildman–Crippen MR) is 67.5 cm³/mol. The van der Waals surface area contributed by atoms with E-state index in [0.29, 0.717) is 32.6 Å². The Balaban J connectivity index is 2.29. The lowest BCUT2D eigenvalue weighted by atomic mass is 10.2. The lowest BCUT2D eigenvalue weighted by Crippen LogP contribution is -2.36. The molecule has 1 saturated heterocycles. The molecule has 1 aliphatic heterocycles. The van der Waals surface area contributed by atoms with E-state index in [4.69, 9.17) is 14.5 Å². The van der Waals surface area contributed by atoms with Crippen molar-refractivity contribution in [1.82, 2.24) is 0 Å². The number of aldehydes is 1. The van der Waals surface area contributed by atoms with Gasteiger partial charge in [-0.05, 0) is 12.1 Å². The van der Waals surface area contributed by atoms with Gasteiger partial charge in [-0.2, -0.15) is 0 Å². The van der Waals surface area contributed by atoms with Crippen LogP contribution < -0.4 is 9.42 Å². The van der Waals surface area contributed by atoms with Crippen LogP contribution in [0, 0.1) is 0 Å². The molecule has 0 radical (unpaired) electrons. The average molecular weight is 287 g/mol. The summed E-state index contributed by atoms with van der Waals surface area (Å²) in [5.41, 5.74) is 0.831. The van der Waals surface area contributed by atoms with Crippen LogP contribution in [0.1, 0.15) is 10.4 Å². The first-order valence-electron chi connectivity index (χ1n) is 5.67. The quantitative estimate of drug-likeness (QED) is 0.624. The zero-order valence-electron chi connectivity index (χ0n) is 10.1. The number of ether oxygens (including phenoxy) is 1. The second kappa shape index (κ2) is 5.71. The number of anilines is 1. The molecule has 1 fully saturated rings. The van der Waals surface area contributed by atoms with Gasteiger partial charge in [0.1, 0.15) is 5.75 Å². The van der Waals surface area contributed by atoms with Gasteiger partial charge < -0.3 is 14.2 Å². The van der Waals surface area contributed by atoms with E-state index < -0.39 is 7.82 Å². The first-order valence-corrected chi connectivity index (χ1v) is 7.20. The Morgan fingerprint density at radius 1 is 1.32 bits per heavy atom. The molecule has 0 aromatic heterocycles. The fourth-order valence-corrected chi connectivity index (χ4v) is 2.26. The third-order valence-corrected chi connectivity index (χ3v) is 3.15. The van der Waals surface area contributed by atoms with E-state index in [1.165, 1.54) is 12.1 Å². The Morgan fingerprint density at radius 3 is 2.58 bits per heavy atom. The van der Waals surface area contributed by atoms with Gasteiger partial charge in [-0.15, -0.1) is 0 Å². The van der Waals surface area contributed by atoms with E-state index in [-0.39, 0.29) is 11.3 Å². The molecule has 0 spiro atoms. The largest absolute Gasteiger partial charge is 0.524 e. The van der Waals surface area contributed by atoms with E-state index >= 15 is 0 Å². The molecular formula is C11H14NO6P. The lowest BCUT2D eigenvalue weighted by molar-refractivity contribution is 0.112. The number of rotatable bonds is 4. The van der Waals surface area contributed by atoms with Crippen LogP contribution in [0.4, 0.5) is 5.69 Å². The third kappa shape index (κ3) is 3.78. The summed E-state index contributed by atoms with van der Waals surface area (Å²) in [5.74, 6) is -0.118. The number of carbonyl (C=O) groups excluding carboxylic acids is 1. The van der Waals surface area contributed by atoms with E-state index in [1.807, 2.05) is 4.90 Å². The first kappa shape index (κ1) is 14.0. The van der Waals surface area contributed by atoms with Crippen LogP contribution in [0.15, 0.2) is 18.2 Å². The van der Waals surface area contributed by atoms with E-state index in [1.54, 1.807) is 6.07 Å². The minimum Gasteiger partial charge on any atom is -0.403 e. The van der Waals surface area contributed by atoms with Crippen LogP contribution in [0.3, 0.4) is 0 Å². The molecule has 2 rings (SSSR count). The minimum atomic E-state index is -4.69. The molecule has 2 N–H and O–H groups in total. The van der Waals surface area contributed by atoms with Crippen molar-refractivity contribution >= 4 is 19.8 Å². The summed E-state index contributed by atoms with van der Waals surface area (Å²) in [6.45, 7) is 2.53. The molecular weight excluding hydrogens is 273 g/mol. The van der Waals surface area contributed by atoms with Gasteiger partial charge in [-0.3, -0.25) is 14.6 Å². The van der Waals surface area contributed by atoms with Crippen LogP contribution in [-0.4, -0.2) is 42.4 Å². The van der Waals surface area contributed by atoms with Gasteiger partial charge in [0, 0.05) is 24.8 Å². The number of carbonyl (C=O) groups is 1. The Morgan fingerprint density at radius 2 is 2.00 bits per heavy atom. The molecule has 104 valence electrons. The number of nitrogens with zero attached hydrogens (tertiary/aromatic N) is 1. The standard InChI is InChI=1S/C11H14NO6P/c13-8-9-1-2-10(12-3-5-17-6-4-12)7-11(9)18-19(14,15)16/h1-2,7-8H,3-6H2,(H2,14,15,16). The van der Waals surface area contributed by atoms with Crippen molar-refractivity contribution < 1.29 is 28.4 Å². The van der Waals surface area contributed by atoms with Crippen LogP contribution in [0.5, 0.6) is 5.75 Å². The normalized spacial score (nSPS) is 16.2. The average Bonchev–Trinajstić information content (AvgIpc) is 2.38. The molecule has 19 heavy (non-hydrogen) atoms. The molecule has 1 aromatic rings. The molecule has 1 heterocycles. The Kier molecular flexibility index (Phi) is 4.21. The smallest absolute Gasteiger partial charge is 0.403 e. The predicted octanol–water partition coefficient (Wildman–Crippen LogP) is 0.807. The Labute approximate surface area is 110 Å². The topological polar surface area (TPSA) is 96.3 Å². The van der Waals surface area contributed by atoms with Gasteiger partial charge in [0.25, 0.3) is 0 Å². The summed E-state index contributed by atoms with van der Waals surface area (Å²) < 4.78 is 20.6. The number of hydrogen-bond donors (Lipinski definition) is 2. The molecule has 1 aromatic carbocycles.